The van der Waals surface area contributed by atoms with E-state index in [9.17, 15) is 14.1 Å². The molecule has 2 unspecified atom stereocenters. The molecular weight excluding hydrogens is 364 g/mol. The minimum absolute atomic E-state index is 0.215. The summed E-state index contributed by atoms with van der Waals surface area (Å²) in [6.45, 7) is 1.61. The second kappa shape index (κ2) is 7.09. The van der Waals surface area contributed by atoms with Crippen LogP contribution in [-0.4, -0.2) is 25.1 Å². The lowest BCUT2D eigenvalue weighted by molar-refractivity contribution is 0.189. The SMILES string of the molecule is CC(O)c1cc(S(=O)NC(=O)Nc2c3c(cc4c2CCC4)CCC3)nn1C. The summed E-state index contributed by atoms with van der Waals surface area (Å²) in [7, 11) is -0.129. The first-order valence-corrected chi connectivity index (χ1v) is 10.5. The van der Waals surface area contributed by atoms with Gasteiger partial charge in [0.15, 0.2) is 16.0 Å². The third kappa shape index (κ3) is 3.39. The van der Waals surface area contributed by atoms with Crippen LogP contribution in [0.2, 0.25) is 0 Å². The molecule has 0 fully saturated rings. The Balaban J connectivity index is 1.52. The Morgan fingerprint density at radius 3 is 2.37 bits per heavy atom. The van der Waals surface area contributed by atoms with Crippen molar-refractivity contribution in [1.82, 2.24) is 14.5 Å². The standard InChI is InChI=1S/C19H24N4O3S/c1-11(24)16-10-17(21-23(16)2)27(26)22-19(25)20-18-14-7-3-5-12(14)9-13-6-4-8-15(13)18/h9-11,24H,3-8H2,1-2H3,(H2,20,22,25). The molecule has 2 aliphatic rings. The fourth-order valence-corrected chi connectivity index (χ4v) is 4.93. The molecule has 27 heavy (non-hydrogen) atoms. The quantitative estimate of drug-likeness (QED) is 0.749. The van der Waals surface area contributed by atoms with Gasteiger partial charge >= 0.3 is 6.03 Å². The van der Waals surface area contributed by atoms with Crippen molar-refractivity contribution in [1.29, 1.82) is 0 Å². The first-order chi connectivity index (χ1) is 12.9. The topological polar surface area (TPSA) is 96.2 Å². The average molecular weight is 388 g/mol. The highest BCUT2D eigenvalue weighted by atomic mass is 32.2. The number of aromatic nitrogens is 2. The summed E-state index contributed by atoms with van der Waals surface area (Å²) in [5.74, 6) is 0. The predicted molar refractivity (Wildman–Crippen MR) is 103 cm³/mol. The molecule has 0 radical (unpaired) electrons. The van der Waals surface area contributed by atoms with Gasteiger partial charge in [-0.15, -0.1) is 0 Å². The first kappa shape index (κ1) is 18.2. The number of hydrogen-bond acceptors (Lipinski definition) is 4. The highest BCUT2D eigenvalue weighted by Gasteiger charge is 2.25. The van der Waals surface area contributed by atoms with Crippen LogP contribution in [0.4, 0.5) is 10.5 Å². The highest BCUT2D eigenvalue weighted by molar-refractivity contribution is 7.83. The summed E-state index contributed by atoms with van der Waals surface area (Å²) in [4.78, 5) is 12.5. The van der Waals surface area contributed by atoms with Gasteiger partial charge in [-0.2, -0.15) is 5.10 Å². The van der Waals surface area contributed by atoms with Crippen LogP contribution >= 0.6 is 0 Å². The molecule has 1 heterocycles. The first-order valence-electron chi connectivity index (χ1n) is 9.32. The largest absolute Gasteiger partial charge is 0.387 e. The number of anilines is 1. The van der Waals surface area contributed by atoms with Gasteiger partial charge in [0.05, 0.1) is 11.8 Å². The molecular formula is C19H24N4O3S. The van der Waals surface area contributed by atoms with E-state index in [1.807, 2.05) is 0 Å². The zero-order chi connectivity index (χ0) is 19.1. The van der Waals surface area contributed by atoms with Crippen molar-refractivity contribution in [3.8, 4) is 0 Å². The van der Waals surface area contributed by atoms with E-state index in [4.69, 9.17) is 0 Å². The molecule has 0 bridgehead atoms. The van der Waals surface area contributed by atoms with Crippen molar-refractivity contribution in [2.45, 2.75) is 56.6 Å². The van der Waals surface area contributed by atoms with E-state index in [2.05, 4.69) is 21.2 Å². The van der Waals surface area contributed by atoms with Crippen molar-refractivity contribution >= 4 is 22.7 Å². The number of aliphatic hydroxyl groups excluding tert-OH is 1. The van der Waals surface area contributed by atoms with Crippen LogP contribution in [0.3, 0.4) is 0 Å². The molecule has 2 aromatic rings. The van der Waals surface area contributed by atoms with Gasteiger partial charge in [-0.05, 0) is 67.7 Å². The maximum absolute atomic E-state index is 12.5. The molecule has 7 nitrogen and oxygen atoms in total. The summed E-state index contributed by atoms with van der Waals surface area (Å²) in [5, 5.41) is 17.0. The van der Waals surface area contributed by atoms with Crippen LogP contribution in [0.25, 0.3) is 0 Å². The Morgan fingerprint density at radius 1 is 1.19 bits per heavy atom. The third-order valence-electron chi connectivity index (χ3n) is 5.41. The van der Waals surface area contributed by atoms with E-state index in [1.54, 1.807) is 20.0 Å². The number of aliphatic hydroxyl groups is 1. The highest BCUT2D eigenvalue weighted by Crippen LogP contribution is 2.38. The Morgan fingerprint density at radius 2 is 1.81 bits per heavy atom. The van der Waals surface area contributed by atoms with Crippen molar-refractivity contribution in [3.05, 3.63) is 40.1 Å². The van der Waals surface area contributed by atoms with Gasteiger partial charge in [0, 0.05) is 18.8 Å². The molecule has 8 heteroatoms. The van der Waals surface area contributed by atoms with Gasteiger partial charge < -0.3 is 10.4 Å². The van der Waals surface area contributed by atoms with Crippen LogP contribution in [0, 0.1) is 0 Å². The second-order valence-corrected chi connectivity index (χ2v) is 8.43. The second-order valence-electron chi connectivity index (χ2n) is 7.27. The zero-order valence-corrected chi connectivity index (χ0v) is 16.4. The fourth-order valence-electron chi connectivity index (χ4n) is 4.18. The van der Waals surface area contributed by atoms with Crippen LogP contribution in [0.15, 0.2) is 17.2 Å². The molecule has 2 amide bonds. The molecule has 144 valence electrons. The van der Waals surface area contributed by atoms with Gasteiger partial charge in [0.2, 0.25) is 0 Å². The molecule has 0 saturated carbocycles. The normalized spacial score (nSPS) is 17.3. The molecule has 4 rings (SSSR count). The summed E-state index contributed by atoms with van der Waals surface area (Å²) in [6.07, 6.45) is 5.55. The van der Waals surface area contributed by atoms with Crippen LogP contribution in [0.5, 0.6) is 0 Å². The van der Waals surface area contributed by atoms with Crippen molar-refractivity contribution < 1.29 is 14.1 Å². The minimum Gasteiger partial charge on any atom is -0.387 e. The number of rotatable bonds is 4. The number of nitrogens with one attached hydrogen (secondary N) is 2. The smallest absolute Gasteiger partial charge is 0.331 e. The minimum atomic E-state index is -1.79. The molecule has 2 atom stereocenters. The number of aryl methyl sites for hydroxylation is 3. The lowest BCUT2D eigenvalue weighted by atomic mass is 9.99. The van der Waals surface area contributed by atoms with E-state index >= 15 is 0 Å². The number of amides is 2. The van der Waals surface area contributed by atoms with Gasteiger partial charge in [0.1, 0.15) is 0 Å². The zero-order valence-electron chi connectivity index (χ0n) is 15.5. The van der Waals surface area contributed by atoms with Crippen LogP contribution in [-0.2, 0) is 43.7 Å². The van der Waals surface area contributed by atoms with Crippen molar-refractivity contribution in [3.63, 3.8) is 0 Å². The number of carbonyl (C=O) groups is 1. The Bertz CT molecular complexity index is 903. The third-order valence-corrected chi connectivity index (χ3v) is 6.36. The summed E-state index contributed by atoms with van der Waals surface area (Å²) >= 11 is 0. The Hall–Kier alpha value is -2.19. The van der Waals surface area contributed by atoms with Crippen molar-refractivity contribution in [2.75, 3.05) is 5.32 Å². The molecule has 3 N–H and O–H groups in total. The van der Waals surface area contributed by atoms with E-state index in [-0.39, 0.29) is 5.03 Å². The maximum atomic E-state index is 12.5. The van der Waals surface area contributed by atoms with E-state index < -0.39 is 23.1 Å². The number of fused-ring (bicyclic) bond motifs is 2. The number of carbonyl (C=O) groups excluding carboxylic acids is 1. The molecule has 0 aliphatic heterocycles. The molecule has 0 saturated heterocycles. The average Bonchev–Trinajstić information content (AvgIpc) is 3.32. The monoisotopic (exact) mass is 388 g/mol. The number of benzene rings is 1. The van der Waals surface area contributed by atoms with E-state index in [0.29, 0.717) is 5.69 Å². The Labute approximate surface area is 160 Å². The molecule has 0 spiro atoms. The lowest BCUT2D eigenvalue weighted by Gasteiger charge is -2.16. The number of urea groups is 1. The van der Waals surface area contributed by atoms with Crippen LogP contribution < -0.4 is 10.0 Å². The van der Waals surface area contributed by atoms with Gasteiger partial charge in [-0.1, -0.05) is 6.07 Å². The number of nitrogens with zero attached hydrogens (tertiary/aromatic N) is 2. The summed E-state index contributed by atoms with van der Waals surface area (Å²) < 4.78 is 16.4. The molecule has 1 aromatic carbocycles. The lowest BCUT2D eigenvalue weighted by Crippen LogP contribution is -2.31. The van der Waals surface area contributed by atoms with Crippen molar-refractivity contribution in [2.24, 2.45) is 7.05 Å². The summed E-state index contributed by atoms with van der Waals surface area (Å²) in [6, 6.07) is 3.35. The van der Waals surface area contributed by atoms with Crippen LogP contribution in [0.1, 0.15) is 53.8 Å². The van der Waals surface area contributed by atoms with Gasteiger partial charge in [-0.25, -0.2) is 9.00 Å². The number of hydrogen-bond donors (Lipinski definition) is 3. The maximum Gasteiger partial charge on any atom is 0.331 e. The Kier molecular flexibility index (Phi) is 4.77. The van der Waals surface area contributed by atoms with Gasteiger partial charge in [-0.3, -0.25) is 9.40 Å². The molecule has 2 aliphatic carbocycles. The predicted octanol–water partition coefficient (Wildman–Crippen LogP) is 2.30. The van der Waals surface area contributed by atoms with E-state index in [0.717, 1.165) is 44.2 Å². The van der Waals surface area contributed by atoms with E-state index in [1.165, 1.54) is 26.9 Å². The molecule has 1 aromatic heterocycles. The fraction of sp³-hybridized carbons (Fsp3) is 0.474. The summed E-state index contributed by atoms with van der Waals surface area (Å²) in [5.41, 5.74) is 6.57. The van der Waals surface area contributed by atoms with Gasteiger partial charge in [0.25, 0.3) is 0 Å².